The van der Waals surface area contributed by atoms with Gasteiger partial charge in [-0.25, -0.2) is 0 Å². The summed E-state index contributed by atoms with van der Waals surface area (Å²) in [6, 6.07) is 37.2. The number of aromatic hydroxyl groups is 1. The van der Waals surface area contributed by atoms with Crippen molar-refractivity contribution in [2.75, 3.05) is 0 Å². The van der Waals surface area contributed by atoms with Crippen LogP contribution >= 0.6 is 11.6 Å². The molecular formula is C36H31ClN2O3. The van der Waals surface area contributed by atoms with Crippen molar-refractivity contribution in [3.63, 3.8) is 0 Å². The molecule has 0 saturated heterocycles. The maximum Gasteiger partial charge on any atom is 0.239 e. The topological polar surface area (TPSA) is 70.6 Å². The number of carbonyl (C=O) groups excluding carboxylic acids is 1. The highest BCUT2D eigenvalue weighted by Crippen LogP contribution is 2.45. The van der Waals surface area contributed by atoms with E-state index in [2.05, 4.69) is 41.0 Å². The minimum atomic E-state index is -1.34. The van der Waals surface area contributed by atoms with E-state index in [4.69, 9.17) is 16.3 Å². The Morgan fingerprint density at radius 1 is 0.857 bits per heavy atom. The van der Waals surface area contributed by atoms with E-state index in [0.29, 0.717) is 28.3 Å². The molecule has 1 aliphatic rings. The van der Waals surface area contributed by atoms with Crippen LogP contribution in [0.4, 0.5) is 0 Å². The lowest BCUT2D eigenvalue weighted by Gasteiger charge is -2.32. The molecule has 0 fully saturated rings. The smallest absolute Gasteiger partial charge is 0.239 e. The van der Waals surface area contributed by atoms with Crippen molar-refractivity contribution in [1.29, 1.82) is 0 Å². The summed E-state index contributed by atoms with van der Waals surface area (Å²) in [4.78, 5) is 12.9. The van der Waals surface area contributed by atoms with Crippen molar-refractivity contribution in [3.8, 4) is 16.9 Å². The summed E-state index contributed by atoms with van der Waals surface area (Å²) in [5.74, 6) is 0.157. The molecule has 1 amide bonds. The lowest BCUT2D eigenvalue weighted by Crippen LogP contribution is -2.40. The van der Waals surface area contributed by atoms with Crippen molar-refractivity contribution in [1.82, 2.24) is 10.6 Å². The van der Waals surface area contributed by atoms with Crippen LogP contribution in [0.15, 0.2) is 121 Å². The number of halogens is 1. The molecule has 0 spiro atoms. The maximum absolute atomic E-state index is 12.9. The monoisotopic (exact) mass is 574 g/mol. The quantitative estimate of drug-likeness (QED) is 0.174. The zero-order valence-electron chi connectivity index (χ0n) is 23.2. The van der Waals surface area contributed by atoms with Crippen LogP contribution in [0.3, 0.4) is 0 Å². The molecule has 210 valence electrons. The summed E-state index contributed by atoms with van der Waals surface area (Å²) >= 11 is 6.64. The summed E-state index contributed by atoms with van der Waals surface area (Å²) in [5.41, 5.74) is 3.26. The molecule has 0 radical (unpaired) electrons. The van der Waals surface area contributed by atoms with E-state index >= 15 is 0 Å². The van der Waals surface area contributed by atoms with Gasteiger partial charge in [0.25, 0.3) is 0 Å². The fourth-order valence-electron chi connectivity index (χ4n) is 5.38. The average Bonchev–Trinajstić information content (AvgIpc) is 3.39. The van der Waals surface area contributed by atoms with E-state index in [1.165, 1.54) is 10.8 Å². The van der Waals surface area contributed by atoms with Crippen molar-refractivity contribution >= 4 is 34.0 Å². The molecule has 1 unspecified atom stereocenters. The molecule has 6 heteroatoms. The van der Waals surface area contributed by atoms with E-state index in [1.54, 1.807) is 18.2 Å². The summed E-state index contributed by atoms with van der Waals surface area (Å²) in [7, 11) is 0. The first-order valence-corrected chi connectivity index (χ1v) is 14.5. The summed E-state index contributed by atoms with van der Waals surface area (Å²) in [6.45, 7) is 2.04. The van der Waals surface area contributed by atoms with Crippen LogP contribution < -0.4 is 10.6 Å². The predicted molar refractivity (Wildman–Crippen MR) is 169 cm³/mol. The summed E-state index contributed by atoms with van der Waals surface area (Å²) < 4.78 is 6.70. The van der Waals surface area contributed by atoms with Crippen LogP contribution in [0.5, 0.6) is 5.75 Å². The van der Waals surface area contributed by atoms with E-state index in [0.717, 1.165) is 29.5 Å². The Bertz CT molecular complexity index is 1800. The lowest BCUT2D eigenvalue weighted by molar-refractivity contribution is -0.121. The number of benzene rings is 5. The van der Waals surface area contributed by atoms with Gasteiger partial charge in [-0.15, -0.1) is 0 Å². The van der Waals surface area contributed by atoms with Crippen molar-refractivity contribution in [2.45, 2.75) is 31.9 Å². The molecule has 0 aromatic heterocycles. The number of hydrogen-bond donors (Lipinski definition) is 3. The number of nitrogens with one attached hydrogen (secondary N) is 2. The number of carbonyl (C=O) groups is 1. The normalized spacial score (nSPS) is 16.2. The first-order chi connectivity index (χ1) is 20.5. The average molecular weight is 575 g/mol. The van der Waals surface area contributed by atoms with Crippen LogP contribution in [-0.2, 0) is 15.3 Å². The third-order valence-corrected chi connectivity index (χ3v) is 7.92. The highest BCUT2D eigenvalue weighted by atomic mass is 35.5. The van der Waals surface area contributed by atoms with Gasteiger partial charge in [0.05, 0.1) is 10.6 Å². The molecule has 0 saturated carbocycles. The summed E-state index contributed by atoms with van der Waals surface area (Å²) in [5, 5.41) is 20.4. The molecule has 42 heavy (non-hydrogen) atoms. The molecule has 5 nitrogen and oxygen atoms in total. The standard InChI is InChI=1S/C36H31ClN2O3/c1-2-3-16-33(41)38-35-34(29-12-6-8-14-31(29)37)39-36(42-35,30-13-7-9-15-32(30)40)28-21-19-25(20-22-28)27-18-17-24-10-4-5-11-26(24)23-27/h4-15,17-23,39-40H,2-3,16H2,1H3,(H,38,41). The maximum atomic E-state index is 12.9. The molecule has 0 bridgehead atoms. The van der Waals surface area contributed by atoms with Gasteiger partial charge < -0.3 is 15.2 Å². The number of phenolic OH excluding ortho intramolecular Hbond substituents is 1. The minimum Gasteiger partial charge on any atom is -0.507 e. The van der Waals surface area contributed by atoms with E-state index in [9.17, 15) is 9.90 Å². The molecule has 1 atom stereocenters. The Labute approximate surface area is 250 Å². The first kappa shape index (κ1) is 27.4. The van der Waals surface area contributed by atoms with Crippen LogP contribution in [0, 0.1) is 0 Å². The molecule has 5 aromatic carbocycles. The number of amides is 1. The van der Waals surface area contributed by atoms with Gasteiger partial charge >= 0.3 is 0 Å². The second kappa shape index (κ2) is 11.6. The third kappa shape index (κ3) is 5.19. The van der Waals surface area contributed by atoms with Crippen molar-refractivity contribution in [2.24, 2.45) is 0 Å². The van der Waals surface area contributed by atoms with E-state index in [1.807, 2.05) is 73.7 Å². The SMILES string of the molecule is CCCCC(=O)NC1=C(c2ccccc2Cl)NC(c2ccc(-c3ccc4ccccc4c3)cc2)(c2ccccc2O)O1. The van der Waals surface area contributed by atoms with Crippen LogP contribution in [0.1, 0.15) is 42.9 Å². The zero-order valence-corrected chi connectivity index (χ0v) is 24.0. The van der Waals surface area contributed by atoms with Crippen LogP contribution in [-0.4, -0.2) is 11.0 Å². The number of phenols is 1. The number of fused-ring (bicyclic) bond motifs is 1. The highest BCUT2D eigenvalue weighted by molar-refractivity contribution is 6.32. The first-order valence-electron chi connectivity index (χ1n) is 14.1. The third-order valence-electron chi connectivity index (χ3n) is 7.59. The van der Waals surface area contributed by atoms with E-state index in [-0.39, 0.29) is 17.5 Å². The van der Waals surface area contributed by atoms with Gasteiger partial charge in [-0.3, -0.25) is 10.1 Å². The molecule has 1 aliphatic heterocycles. The van der Waals surface area contributed by atoms with Gasteiger partial charge in [-0.05, 0) is 52.6 Å². The van der Waals surface area contributed by atoms with Gasteiger partial charge in [0.1, 0.15) is 11.4 Å². The van der Waals surface area contributed by atoms with Crippen LogP contribution in [0.2, 0.25) is 5.02 Å². The van der Waals surface area contributed by atoms with Gasteiger partial charge in [0.2, 0.25) is 17.5 Å². The highest BCUT2D eigenvalue weighted by Gasteiger charge is 2.46. The van der Waals surface area contributed by atoms with Gasteiger partial charge in [0.15, 0.2) is 0 Å². The Kier molecular flexibility index (Phi) is 7.60. The Morgan fingerprint density at radius 2 is 1.55 bits per heavy atom. The second-order valence-electron chi connectivity index (χ2n) is 10.4. The second-order valence-corrected chi connectivity index (χ2v) is 10.8. The number of unbranched alkanes of at least 4 members (excludes halogenated alkanes) is 1. The molecule has 5 aromatic rings. The largest absolute Gasteiger partial charge is 0.507 e. The van der Waals surface area contributed by atoms with Gasteiger partial charge in [0, 0.05) is 17.5 Å². The van der Waals surface area contributed by atoms with Crippen molar-refractivity contribution < 1.29 is 14.6 Å². The lowest BCUT2D eigenvalue weighted by atomic mass is 9.91. The number of ether oxygens (including phenoxy) is 1. The molecule has 0 aliphatic carbocycles. The number of para-hydroxylation sites is 1. The van der Waals surface area contributed by atoms with Crippen molar-refractivity contribution in [3.05, 3.63) is 143 Å². The summed E-state index contributed by atoms with van der Waals surface area (Å²) in [6.07, 6.45) is 2.02. The van der Waals surface area contributed by atoms with Gasteiger partial charge in [-0.1, -0.05) is 116 Å². The van der Waals surface area contributed by atoms with Crippen LogP contribution in [0.25, 0.3) is 27.6 Å². The zero-order chi connectivity index (χ0) is 29.1. The predicted octanol–water partition coefficient (Wildman–Crippen LogP) is 8.32. The van der Waals surface area contributed by atoms with E-state index < -0.39 is 5.72 Å². The number of hydrogen-bond acceptors (Lipinski definition) is 4. The fraction of sp³-hybridized carbons (Fsp3) is 0.139. The minimum absolute atomic E-state index is 0.0562. The molecular weight excluding hydrogens is 544 g/mol. The van der Waals surface area contributed by atoms with Gasteiger partial charge in [-0.2, -0.15) is 0 Å². The molecule has 3 N–H and O–H groups in total. The molecule has 1 heterocycles. The number of rotatable bonds is 8. The fourth-order valence-corrected chi connectivity index (χ4v) is 5.61. The molecule has 6 rings (SSSR count). The Hall–Kier alpha value is -4.74. The Balaban J connectivity index is 1.44. The Morgan fingerprint density at radius 3 is 2.31 bits per heavy atom.